The van der Waals surface area contributed by atoms with Gasteiger partial charge in [0.2, 0.25) is 11.8 Å². The number of thioether (sulfide) groups is 1. The summed E-state index contributed by atoms with van der Waals surface area (Å²) in [6.07, 6.45) is 1.47. The molecule has 0 spiro atoms. The second-order valence-corrected chi connectivity index (χ2v) is 7.14. The number of imide groups is 1. The molecule has 1 aromatic carbocycles. The number of carbonyl (C=O) groups excluding carboxylic acids is 2. The Morgan fingerprint density at radius 1 is 1.23 bits per heavy atom. The summed E-state index contributed by atoms with van der Waals surface area (Å²) in [6.45, 7) is 0. The number of carboxylic acids is 1. The maximum absolute atomic E-state index is 12.7. The molecule has 0 aliphatic carbocycles. The van der Waals surface area contributed by atoms with Gasteiger partial charge in [0.1, 0.15) is 5.03 Å². The molecule has 1 saturated heterocycles. The number of benzene rings is 1. The van der Waals surface area contributed by atoms with Crippen molar-refractivity contribution in [3.05, 3.63) is 48.2 Å². The first-order valence-corrected chi connectivity index (χ1v) is 8.75. The van der Waals surface area contributed by atoms with Gasteiger partial charge in [-0.05, 0) is 36.4 Å². The summed E-state index contributed by atoms with van der Waals surface area (Å²) < 4.78 is 0. The highest BCUT2D eigenvalue weighted by atomic mass is 32.2. The van der Waals surface area contributed by atoms with Crippen LogP contribution in [0.3, 0.4) is 0 Å². The van der Waals surface area contributed by atoms with Gasteiger partial charge in [-0.2, -0.15) is 0 Å². The fourth-order valence-corrected chi connectivity index (χ4v) is 3.76. The van der Waals surface area contributed by atoms with Crippen LogP contribution in [0.1, 0.15) is 16.8 Å². The summed E-state index contributed by atoms with van der Waals surface area (Å²) in [6, 6.07) is 10.1. The Morgan fingerprint density at radius 2 is 1.92 bits per heavy atom. The third-order valence-electron chi connectivity index (χ3n) is 3.98. The zero-order valence-corrected chi connectivity index (χ0v) is 15.1. The van der Waals surface area contributed by atoms with Gasteiger partial charge < -0.3 is 10.0 Å². The van der Waals surface area contributed by atoms with Crippen LogP contribution in [0.4, 0.5) is 11.4 Å². The van der Waals surface area contributed by atoms with Crippen LogP contribution in [0.5, 0.6) is 0 Å². The van der Waals surface area contributed by atoms with E-state index in [4.69, 9.17) is 0 Å². The number of rotatable bonds is 5. The molecule has 1 fully saturated rings. The van der Waals surface area contributed by atoms with Gasteiger partial charge in [-0.25, -0.2) is 14.7 Å². The van der Waals surface area contributed by atoms with Crippen LogP contribution in [0.15, 0.2) is 47.6 Å². The number of carbonyl (C=O) groups is 3. The number of carboxylic acid groups (broad SMARTS) is 1. The van der Waals surface area contributed by atoms with E-state index in [1.165, 1.54) is 18.3 Å². The van der Waals surface area contributed by atoms with Gasteiger partial charge in [0, 0.05) is 32.4 Å². The largest absolute Gasteiger partial charge is 0.478 e. The number of anilines is 2. The molecule has 3 rings (SSSR count). The summed E-state index contributed by atoms with van der Waals surface area (Å²) in [4.78, 5) is 43.5. The molecule has 26 heavy (non-hydrogen) atoms. The zero-order chi connectivity index (χ0) is 18.8. The molecular formula is C18H17N3O4S. The molecule has 0 radical (unpaired) electrons. The van der Waals surface area contributed by atoms with E-state index < -0.39 is 11.2 Å². The van der Waals surface area contributed by atoms with Crippen LogP contribution < -0.4 is 9.80 Å². The Balaban J connectivity index is 1.82. The maximum atomic E-state index is 12.7. The minimum atomic E-state index is -1.12. The van der Waals surface area contributed by atoms with Gasteiger partial charge in [0.05, 0.1) is 16.5 Å². The van der Waals surface area contributed by atoms with Crippen molar-refractivity contribution in [2.75, 3.05) is 23.9 Å². The van der Waals surface area contributed by atoms with Crippen LogP contribution in [-0.2, 0) is 9.59 Å². The lowest BCUT2D eigenvalue weighted by molar-refractivity contribution is -0.121. The van der Waals surface area contributed by atoms with Crippen LogP contribution in [0, 0.1) is 0 Å². The van der Waals surface area contributed by atoms with E-state index in [9.17, 15) is 19.5 Å². The van der Waals surface area contributed by atoms with Crippen LogP contribution >= 0.6 is 11.8 Å². The highest BCUT2D eigenvalue weighted by Gasteiger charge is 2.40. The molecule has 1 aromatic heterocycles. The van der Waals surface area contributed by atoms with E-state index in [1.807, 2.05) is 31.1 Å². The molecule has 2 aromatic rings. The fourth-order valence-electron chi connectivity index (χ4n) is 2.65. The topological polar surface area (TPSA) is 90.8 Å². The van der Waals surface area contributed by atoms with Gasteiger partial charge in [0.25, 0.3) is 0 Å². The van der Waals surface area contributed by atoms with Crippen LogP contribution in [-0.4, -0.2) is 47.2 Å². The van der Waals surface area contributed by atoms with E-state index in [2.05, 4.69) is 4.98 Å². The Bertz CT molecular complexity index is 867. The summed E-state index contributed by atoms with van der Waals surface area (Å²) in [5.41, 5.74) is 1.48. The average Bonchev–Trinajstić information content (AvgIpc) is 2.89. The average molecular weight is 371 g/mol. The molecule has 8 heteroatoms. The van der Waals surface area contributed by atoms with Crippen molar-refractivity contribution >= 4 is 40.9 Å². The molecule has 1 N–H and O–H groups in total. The molecule has 0 unspecified atom stereocenters. The van der Waals surface area contributed by atoms with Crippen molar-refractivity contribution < 1.29 is 19.5 Å². The van der Waals surface area contributed by atoms with E-state index >= 15 is 0 Å². The number of hydrogen-bond acceptors (Lipinski definition) is 6. The highest BCUT2D eigenvalue weighted by Crippen LogP contribution is 2.34. The van der Waals surface area contributed by atoms with Crippen molar-refractivity contribution in [1.82, 2.24) is 4.98 Å². The Kier molecular flexibility index (Phi) is 4.94. The molecule has 7 nitrogen and oxygen atoms in total. The predicted octanol–water partition coefficient (Wildman–Crippen LogP) is 2.27. The van der Waals surface area contributed by atoms with Gasteiger partial charge >= 0.3 is 5.97 Å². The van der Waals surface area contributed by atoms with E-state index in [0.29, 0.717) is 5.69 Å². The standard InChI is InChI=1S/C18H17N3O4S/c1-20(2)11-5-7-12(8-6-11)21-15(22)10-14(17(21)23)26-16-13(18(24)25)4-3-9-19-16/h3-9,14H,10H2,1-2H3,(H,24,25)/t14-/m1/s1. The number of aromatic nitrogens is 1. The smallest absolute Gasteiger partial charge is 0.338 e. The number of hydrogen-bond donors (Lipinski definition) is 1. The third kappa shape index (κ3) is 3.41. The SMILES string of the molecule is CN(C)c1ccc(N2C(=O)C[C@@H](Sc3ncccc3C(=O)O)C2=O)cc1. The van der Waals surface area contributed by atoms with Crippen molar-refractivity contribution in [1.29, 1.82) is 0 Å². The second-order valence-electron chi connectivity index (χ2n) is 5.95. The van der Waals surface area contributed by atoms with Crippen molar-refractivity contribution in [2.24, 2.45) is 0 Å². The first-order valence-electron chi connectivity index (χ1n) is 7.87. The Morgan fingerprint density at radius 3 is 2.54 bits per heavy atom. The first kappa shape index (κ1) is 17.9. The number of pyridine rings is 1. The number of aromatic carboxylic acids is 1. The minimum Gasteiger partial charge on any atom is -0.478 e. The predicted molar refractivity (Wildman–Crippen MR) is 98.7 cm³/mol. The molecule has 0 bridgehead atoms. The monoisotopic (exact) mass is 371 g/mol. The van der Waals surface area contributed by atoms with Gasteiger partial charge in [0.15, 0.2) is 0 Å². The van der Waals surface area contributed by atoms with E-state index in [1.54, 1.807) is 12.1 Å². The van der Waals surface area contributed by atoms with Crippen molar-refractivity contribution in [3.63, 3.8) is 0 Å². The quantitative estimate of drug-likeness (QED) is 0.806. The third-order valence-corrected chi connectivity index (χ3v) is 5.19. The summed E-state index contributed by atoms with van der Waals surface area (Å²) >= 11 is 1.01. The molecule has 2 amide bonds. The maximum Gasteiger partial charge on any atom is 0.338 e. The van der Waals surface area contributed by atoms with Crippen LogP contribution in [0.25, 0.3) is 0 Å². The van der Waals surface area contributed by atoms with E-state index in [-0.39, 0.29) is 28.8 Å². The normalized spacial score (nSPS) is 16.8. The molecule has 134 valence electrons. The van der Waals surface area contributed by atoms with Gasteiger partial charge in [-0.15, -0.1) is 0 Å². The lowest BCUT2D eigenvalue weighted by atomic mass is 10.2. The van der Waals surface area contributed by atoms with Crippen molar-refractivity contribution in [2.45, 2.75) is 16.7 Å². The first-order chi connectivity index (χ1) is 12.4. The second kappa shape index (κ2) is 7.17. The zero-order valence-electron chi connectivity index (χ0n) is 14.2. The molecule has 1 atom stereocenters. The lowest BCUT2D eigenvalue weighted by Crippen LogP contribution is -2.31. The molecule has 1 aliphatic rings. The number of amides is 2. The van der Waals surface area contributed by atoms with Gasteiger partial charge in [-0.3, -0.25) is 9.59 Å². The Labute approximate surface area is 154 Å². The number of nitrogens with zero attached hydrogens (tertiary/aromatic N) is 3. The van der Waals surface area contributed by atoms with Gasteiger partial charge in [-0.1, -0.05) is 11.8 Å². The minimum absolute atomic E-state index is 0.00850. The molecule has 0 saturated carbocycles. The molecule has 1 aliphatic heterocycles. The summed E-state index contributed by atoms with van der Waals surface area (Å²) in [5.74, 6) is -1.79. The summed E-state index contributed by atoms with van der Waals surface area (Å²) in [7, 11) is 3.81. The molecular weight excluding hydrogens is 354 g/mol. The Hall–Kier alpha value is -2.87. The summed E-state index contributed by atoms with van der Waals surface area (Å²) in [5, 5.41) is 8.78. The van der Waals surface area contributed by atoms with E-state index in [0.717, 1.165) is 22.3 Å². The highest BCUT2D eigenvalue weighted by molar-refractivity contribution is 8.00. The van der Waals surface area contributed by atoms with Crippen LogP contribution in [0.2, 0.25) is 0 Å². The fraction of sp³-hybridized carbons (Fsp3) is 0.222. The molecule has 2 heterocycles. The van der Waals surface area contributed by atoms with Crippen molar-refractivity contribution in [3.8, 4) is 0 Å². The lowest BCUT2D eigenvalue weighted by Gasteiger charge is -2.17.